The minimum atomic E-state index is -0.289. The van der Waals surface area contributed by atoms with Gasteiger partial charge in [-0.05, 0) is 28.4 Å². The van der Waals surface area contributed by atoms with Crippen molar-refractivity contribution >= 4 is 43.3 Å². The van der Waals surface area contributed by atoms with E-state index in [4.69, 9.17) is 4.74 Å². The van der Waals surface area contributed by atoms with Crippen LogP contribution in [0.25, 0.3) is 10.1 Å². The number of ether oxygens (including phenoxy) is 1. The molecule has 0 radical (unpaired) electrons. The number of hydrogen-bond acceptors (Lipinski definition) is 3. The zero-order valence-electron chi connectivity index (χ0n) is 8.33. The Morgan fingerprint density at radius 2 is 2.20 bits per heavy atom. The zero-order valence-corrected chi connectivity index (χ0v) is 10.7. The molecule has 1 aromatic carbocycles. The van der Waals surface area contributed by atoms with Crippen molar-refractivity contribution in [2.45, 2.75) is 6.92 Å². The molecule has 0 saturated heterocycles. The molecule has 0 aliphatic carbocycles. The standard InChI is InChI=1S/C11H9BrO2S/c1-6-4-3-5-7-8(12)10(11(13)14-2)15-9(6)7/h3-5H,1-2H3. The van der Waals surface area contributed by atoms with Crippen LogP contribution in [-0.4, -0.2) is 13.1 Å². The van der Waals surface area contributed by atoms with Gasteiger partial charge >= 0.3 is 5.97 Å². The number of methoxy groups -OCH3 is 1. The van der Waals surface area contributed by atoms with E-state index in [-0.39, 0.29) is 5.97 Å². The van der Waals surface area contributed by atoms with E-state index in [1.165, 1.54) is 24.0 Å². The number of benzene rings is 1. The lowest BCUT2D eigenvalue weighted by atomic mass is 10.2. The molecule has 2 rings (SSSR count). The van der Waals surface area contributed by atoms with Crippen LogP contribution in [0.5, 0.6) is 0 Å². The molecule has 1 heterocycles. The summed E-state index contributed by atoms with van der Waals surface area (Å²) in [5.74, 6) is -0.289. The largest absolute Gasteiger partial charge is 0.465 e. The van der Waals surface area contributed by atoms with Crippen molar-refractivity contribution in [2.24, 2.45) is 0 Å². The molecule has 0 atom stereocenters. The molecule has 0 spiro atoms. The summed E-state index contributed by atoms with van der Waals surface area (Å²) in [5, 5.41) is 1.07. The monoisotopic (exact) mass is 284 g/mol. The Labute approximate surface area is 100.0 Å². The first kappa shape index (κ1) is 10.6. The van der Waals surface area contributed by atoms with Crippen LogP contribution in [0.2, 0.25) is 0 Å². The van der Waals surface area contributed by atoms with Crippen LogP contribution in [0, 0.1) is 6.92 Å². The predicted octanol–water partition coefficient (Wildman–Crippen LogP) is 3.76. The van der Waals surface area contributed by atoms with E-state index in [1.807, 2.05) is 25.1 Å². The highest BCUT2D eigenvalue weighted by atomic mass is 79.9. The molecule has 2 aromatic rings. The molecule has 0 amide bonds. The molecule has 0 bridgehead atoms. The predicted molar refractivity (Wildman–Crippen MR) is 65.6 cm³/mol. The number of aryl methyl sites for hydroxylation is 1. The average molecular weight is 285 g/mol. The van der Waals surface area contributed by atoms with Crippen molar-refractivity contribution in [1.82, 2.24) is 0 Å². The highest BCUT2D eigenvalue weighted by molar-refractivity contribution is 9.10. The van der Waals surface area contributed by atoms with Gasteiger partial charge in [0, 0.05) is 10.1 Å². The Bertz CT molecular complexity index is 531. The van der Waals surface area contributed by atoms with Gasteiger partial charge in [0.15, 0.2) is 0 Å². The van der Waals surface area contributed by atoms with Gasteiger partial charge in [-0.1, -0.05) is 18.2 Å². The molecule has 15 heavy (non-hydrogen) atoms. The first-order chi connectivity index (χ1) is 7.15. The summed E-state index contributed by atoms with van der Waals surface area (Å²) >= 11 is 4.90. The normalized spacial score (nSPS) is 10.6. The number of halogens is 1. The smallest absolute Gasteiger partial charge is 0.349 e. The lowest BCUT2D eigenvalue weighted by Crippen LogP contribution is -1.98. The Morgan fingerprint density at radius 1 is 1.47 bits per heavy atom. The minimum Gasteiger partial charge on any atom is -0.465 e. The molecule has 4 heteroatoms. The van der Waals surface area contributed by atoms with Gasteiger partial charge in [-0.25, -0.2) is 4.79 Å². The number of rotatable bonds is 1. The zero-order chi connectivity index (χ0) is 11.0. The van der Waals surface area contributed by atoms with Gasteiger partial charge in [0.2, 0.25) is 0 Å². The van der Waals surface area contributed by atoms with Gasteiger partial charge in [-0.15, -0.1) is 11.3 Å². The van der Waals surface area contributed by atoms with Gasteiger partial charge in [0.1, 0.15) is 4.88 Å². The number of carbonyl (C=O) groups excluding carboxylic acids is 1. The molecule has 2 nitrogen and oxygen atoms in total. The van der Waals surface area contributed by atoms with E-state index in [9.17, 15) is 4.79 Å². The van der Waals surface area contributed by atoms with Gasteiger partial charge < -0.3 is 4.74 Å². The van der Waals surface area contributed by atoms with Crippen molar-refractivity contribution in [3.63, 3.8) is 0 Å². The number of thiophene rings is 1. The summed E-state index contributed by atoms with van der Waals surface area (Å²) in [5.41, 5.74) is 1.17. The van der Waals surface area contributed by atoms with Crippen LogP contribution in [0.3, 0.4) is 0 Å². The van der Waals surface area contributed by atoms with Gasteiger partial charge in [-0.2, -0.15) is 0 Å². The molecule has 0 aliphatic rings. The molecule has 1 aromatic heterocycles. The maximum absolute atomic E-state index is 11.5. The SMILES string of the molecule is COC(=O)c1sc2c(C)cccc2c1Br. The fraction of sp³-hybridized carbons (Fsp3) is 0.182. The van der Waals surface area contributed by atoms with Crippen LogP contribution >= 0.6 is 27.3 Å². The first-order valence-electron chi connectivity index (χ1n) is 4.41. The first-order valence-corrected chi connectivity index (χ1v) is 6.02. The second kappa shape index (κ2) is 3.94. The Kier molecular flexibility index (Phi) is 2.80. The Morgan fingerprint density at radius 3 is 2.80 bits per heavy atom. The maximum Gasteiger partial charge on any atom is 0.349 e. The summed E-state index contributed by atoms with van der Waals surface area (Å²) in [6.07, 6.45) is 0. The van der Waals surface area contributed by atoms with E-state index in [1.54, 1.807) is 0 Å². The molecule has 0 unspecified atom stereocenters. The van der Waals surface area contributed by atoms with E-state index >= 15 is 0 Å². The lowest BCUT2D eigenvalue weighted by molar-refractivity contribution is 0.0605. The van der Waals surface area contributed by atoms with Crippen molar-refractivity contribution < 1.29 is 9.53 Å². The highest BCUT2D eigenvalue weighted by Crippen LogP contribution is 2.37. The number of fused-ring (bicyclic) bond motifs is 1. The molecule has 0 N–H and O–H groups in total. The molecule has 78 valence electrons. The van der Waals surface area contributed by atoms with Crippen LogP contribution in [-0.2, 0) is 4.74 Å². The number of esters is 1. The third-order valence-electron chi connectivity index (χ3n) is 2.22. The summed E-state index contributed by atoms with van der Waals surface area (Å²) < 4.78 is 6.69. The maximum atomic E-state index is 11.5. The third-order valence-corrected chi connectivity index (χ3v) is 4.63. The molecule has 0 fully saturated rings. The second-order valence-electron chi connectivity index (χ2n) is 3.19. The van der Waals surface area contributed by atoms with Crippen LogP contribution in [0.1, 0.15) is 15.2 Å². The van der Waals surface area contributed by atoms with Crippen LogP contribution < -0.4 is 0 Å². The fourth-order valence-electron chi connectivity index (χ4n) is 1.45. The Balaban J connectivity index is 2.75. The topological polar surface area (TPSA) is 26.3 Å². The molecular weight excluding hydrogens is 276 g/mol. The molecular formula is C11H9BrO2S. The fourth-order valence-corrected chi connectivity index (χ4v) is 3.40. The van der Waals surface area contributed by atoms with Crippen molar-refractivity contribution in [3.8, 4) is 0 Å². The number of carbonyl (C=O) groups is 1. The third kappa shape index (κ3) is 1.68. The van der Waals surface area contributed by atoms with Gasteiger partial charge in [0.25, 0.3) is 0 Å². The van der Waals surface area contributed by atoms with Crippen molar-refractivity contribution in [2.75, 3.05) is 7.11 Å². The lowest BCUT2D eigenvalue weighted by Gasteiger charge is -1.94. The van der Waals surface area contributed by atoms with Crippen LogP contribution in [0.4, 0.5) is 0 Å². The Hall–Kier alpha value is -0.870. The van der Waals surface area contributed by atoms with E-state index < -0.39 is 0 Å². The van der Waals surface area contributed by atoms with Gasteiger partial charge in [-0.3, -0.25) is 0 Å². The summed E-state index contributed by atoms with van der Waals surface area (Å²) in [6.45, 7) is 2.03. The van der Waals surface area contributed by atoms with E-state index in [2.05, 4.69) is 15.9 Å². The molecule has 0 saturated carbocycles. The van der Waals surface area contributed by atoms with Crippen molar-refractivity contribution in [1.29, 1.82) is 0 Å². The van der Waals surface area contributed by atoms with Gasteiger partial charge in [0.05, 0.1) is 11.6 Å². The molecule has 0 aliphatic heterocycles. The second-order valence-corrected chi connectivity index (χ2v) is 5.00. The average Bonchev–Trinajstić information content (AvgIpc) is 2.57. The minimum absolute atomic E-state index is 0.289. The summed E-state index contributed by atoms with van der Waals surface area (Å²) in [4.78, 5) is 12.1. The highest BCUT2D eigenvalue weighted by Gasteiger charge is 2.17. The van der Waals surface area contributed by atoms with Crippen LogP contribution in [0.15, 0.2) is 22.7 Å². The van der Waals surface area contributed by atoms with E-state index in [0.717, 1.165) is 14.6 Å². The quantitative estimate of drug-likeness (QED) is 0.746. The summed E-state index contributed by atoms with van der Waals surface area (Å²) in [6, 6.07) is 6.01. The number of hydrogen-bond donors (Lipinski definition) is 0. The van der Waals surface area contributed by atoms with E-state index in [0.29, 0.717) is 4.88 Å². The van der Waals surface area contributed by atoms with Crippen molar-refractivity contribution in [3.05, 3.63) is 33.1 Å². The summed E-state index contributed by atoms with van der Waals surface area (Å²) in [7, 11) is 1.39.